The molecule has 0 bridgehead atoms. The van der Waals surface area contributed by atoms with Gasteiger partial charge < -0.3 is 9.80 Å². The van der Waals surface area contributed by atoms with Gasteiger partial charge in [-0.2, -0.15) is 24.9 Å². The van der Waals surface area contributed by atoms with Gasteiger partial charge in [0.1, 0.15) is 5.82 Å². The Morgan fingerprint density at radius 3 is 2.59 bits per heavy atom. The first-order valence-corrected chi connectivity index (χ1v) is 8.25. The summed E-state index contributed by atoms with van der Waals surface area (Å²) in [4.78, 5) is 19.8. The highest BCUT2D eigenvalue weighted by atomic mass is 32.2. The molecule has 0 atom stereocenters. The zero-order chi connectivity index (χ0) is 15.7. The maximum atomic E-state index is 12.7. The third-order valence-corrected chi connectivity index (χ3v) is 4.89. The Morgan fingerprint density at radius 1 is 1.27 bits per heavy atom. The topological polar surface area (TPSA) is 36.4 Å². The number of aromatic nitrogens is 1. The minimum atomic E-state index is -4.37. The molecule has 2 aliphatic rings. The van der Waals surface area contributed by atoms with Gasteiger partial charge in [0.15, 0.2) is 0 Å². The lowest BCUT2D eigenvalue weighted by atomic mass is 9.98. The highest BCUT2D eigenvalue weighted by molar-refractivity contribution is 7.99. The van der Waals surface area contributed by atoms with E-state index in [-0.39, 0.29) is 17.6 Å². The SMILES string of the molecule is O=C(C1CN(c2cc(C(F)(F)F)ccn2)C1)N1CCSCC1. The molecule has 0 saturated carbocycles. The number of nitrogens with zero attached hydrogens (tertiary/aromatic N) is 3. The van der Waals surface area contributed by atoms with E-state index in [0.717, 1.165) is 42.9 Å². The molecule has 0 aliphatic carbocycles. The van der Waals surface area contributed by atoms with Crippen LogP contribution >= 0.6 is 11.8 Å². The van der Waals surface area contributed by atoms with Gasteiger partial charge in [0, 0.05) is 43.9 Å². The van der Waals surface area contributed by atoms with Gasteiger partial charge >= 0.3 is 6.18 Å². The first kappa shape index (κ1) is 15.5. The van der Waals surface area contributed by atoms with Crippen molar-refractivity contribution in [2.75, 3.05) is 42.6 Å². The molecule has 120 valence electrons. The summed E-state index contributed by atoms with van der Waals surface area (Å²) in [6, 6.07) is 2.00. The summed E-state index contributed by atoms with van der Waals surface area (Å²) in [7, 11) is 0. The monoisotopic (exact) mass is 331 g/mol. The van der Waals surface area contributed by atoms with Crippen molar-refractivity contribution in [3.63, 3.8) is 0 Å². The van der Waals surface area contributed by atoms with Crippen LogP contribution in [0.3, 0.4) is 0 Å². The zero-order valence-corrected chi connectivity index (χ0v) is 12.7. The quantitative estimate of drug-likeness (QED) is 0.832. The van der Waals surface area contributed by atoms with Crippen LogP contribution in [0.15, 0.2) is 18.3 Å². The molecule has 0 unspecified atom stereocenters. The van der Waals surface area contributed by atoms with E-state index in [4.69, 9.17) is 0 Å². The molecule has 2 fully saturated rings. The minimum absolute atomic E-state index is 0.114. The van der Waals surface area contributed by atoms with Crippen molar-refractivity contribution in [2.45, 2.75) is 6.18 Å². The lowest BCUT2D eigenvalue weighted by molar-refractivity contribution is -0.138. The van der Waals surface area contributed by atoms with Crippen LogP contribution in [0, 0.1) is 5.92 Å². The van der Waals surface area contributed by atoms with Crippen LogP contribution in [-0.4, -0.2) is 53.5 Å². The number of thioether (sulfide) groups is 1. The predicted octanol–water partition coefficient (Wildman–Crippen LogP) is 2.11. The third kappa shape index (κ3) is 3.16. The largest absolute Gasteiger partial charge is 0.416 e. The zero-order valence-electron chi connectivity index (χ0n) is 11.8. The van der Waals surface area contributed by atoms with Crippen molar-refractivity contribution in [3.05, 3.63) is 23.9 Å². The molecule has 2 saturated heterocycles. The number of rotatable bonds is 2. The van der Waals surface area contributed by atoms with Crippen LogP contribution in [0.4, 0.5) is 19.0 Å². The van der Waals surface area contributed by atoms with Crippen molar-refractivity contribution in [1.29, 1.82) is 0 Å². The summed E-state index contributed by atoms with van der Waals surface area (Å²) in [5.41, 5.74) is -0.708. The molecule has 2 aliphatic heterocycles. The predicted molar refractivity (Wildman–Crippen MR) is 78.8 cm³/mol. The maximum Gasteiger partial charge on any atom is 0.416 e. The van der Waals surface area contributed by atoms with E-state index in [1.165, 1.54) is 0 Å². The van der Waals surface area contributed by atoms with Crippen molar-refractivity contribution in [1.82, 2.24) is 9.88 Å². The number of halogens is 3. The molecule has 0 aromatic carbocycles. The van der Waals surface area contributed by atoms with Gasteiger partial charge in [0.25, 0.3) is 0 Å². The summed E-state index contributed by atoms with van der Waals surface area (Å²) >= 11 is 1.83. The number of anilines is 1. The highest BCUT2D eigenvalue weighted by Gasteiger charge is 2.37. The van der Waals surface area contributed by atoms with Crippen LogP contribution in [0.1, 0.15) is 5.56 Å². The lowest BCUT2D eigenvalue weighted by Crippen LogP contribution is -2.56. The van der Waals surface area contributed by atoms with E-state index < -0.39 is 11.7 Å². The van der Waals surface area contributed by atoms with Crippen molar-refractivity contribution in [2.24, 2.45) is 5.92 Å². The Kier molecular flexibility index (Phi) is 4.20. The van der Waals surface area contributed by atoms with Gasteiger partial charge in [0.05, 0.1) is 11.5 Å². The van der Waals surface area contributed by atoms with E-state index in [1.807, 2.05) is 16.7 Å². The fraction of sp³-hybridized carbons (Fsp3) is 0.571. The van der Waals surface area contributed by atoms with Crippen LogP contribution in [-0.2, 0) is 11.0 Å². The van der Waals surface area contributed by atoms with Crippen molar-refractivity contribution >= 4 is 23.5 Å². The second-order valence-electron chi connectivity index (χ2n) is 5.44. The maximum absolute atomic E-state index is 12.7. The highest BCUT2D eigenvalue weighted by Crippen LogP contribution is 2.32. The number of hydrogen-bond acceptors (Lipinski definition) is 4. The Morgan fingerprint density at radius 2 is 1.95 bits per heavy atom. The van der Waals surface area contributed by atoms with Gasteiger partial charge in [-0.15, -0.1) is 0 Å². The Hall–Kier alpha value is -1.44. The molecular weight excluding hydrogens is 315 g/mol. The number of amides is 1. The van der Waals surface area contributed by atoms with Gasteiger partial charge in [-0.3, -0.25) is 4.79 Å². The molecule has 22 heavy (non-hydrogen) atoms. The Labute approximate surface area is 130 Å². The number of alkyl halides is 3. The number of pyridine rings is 1. The van der Waals surface area contributed by atoms with Crippen LogP contribution < -0.4 is 4.90 Å². The first-order chi connectivity index (χ1) is 10.4. The second-order valence-corrected chi connectivity index (χ2v) is 6.66. The van der Waals surface area contributed by atoms with Gasteiger partial charge in [-0.25, -0.2) is 4.98 Å². The van der Waals surface area contributed by atoms with Crippen LogP contribution in [0.25, 0.3) is 0 Å². The molecule has 3 rings (SSSR count). The molecule has 1 aromatic rings. The molecule has 0 spiro atoms. The van der Waals surface area contributed by atoms with Gasteiger partial charge in [0.2, 0.25) is 5.91 Å². The summed E-state index contributed by atoms with van der Waals surface area (Å²) in [6.07, 6.45) is -3.21. The molecule has 0 N–H and O–H groups in total. The summed E-state index contributed by atoms with van der Waals surface area (Å²) < 4.78 is 38.1. The standard InChI is InChI=1S/C14H16F3N3OS/c15-14(16,17)11-1-2-18-12(7-11)20-8-10(9-20)13(21)19-3-5-22-6-4-19/h1-2,7,10H,3-6,8-9H2. The fourth-order valence-electron chi connectivity index (χ4n) is 2.63. The first-order valence-electron chi connectivity index (χ1n) is 7.10. The molecule has 4 nitrogen and oxygen atoms in total. The Balaban J connectivity index is 1.60. The van der Waals surface area contributed by atoms with Crippen molar-refractivity contribution in [3.8, 4) is 0 Å². The van der Waals surface area contributed by atoms with E-state index in [9.17, 15) is 18.0 Å². The molecule has 1 aromatic heterocycles. The smallest absolute Gasteiger partial charge is 0.355 e. The molecule has 1 amide bonds. The lowest BCUT2D eigenvalue weighted by Gasteiger charge is -2.42. The van der Waals surface area contributed by atoms with E-state index in [0.29, 0.717) is 13.1 Å². The fourth-order valence-corrected chi connectivity index (χ4v) is 3.53. The average molecular weight is 331 g/mol. The molecular formula is C14H16F3N3OS. The third-order valence-electron chi connectivity index (χ3n) is 3.95. The average Bonchev–Trinajstić information content (AvgIpc) is 2.46. The van der Waals surface area contributed by atoms with Gasteiger partial charge in [-0.05, 0) is 12.1 Å². The van der Waals surface area contributed by atoms with Crippen LogP contribution in [0.5, 0.6) is 0 Å². The van der Waals surface area contributed by atoms with E-state index in [1.54, 1.807) is 4.90 Å². The number of carbonyl (C=O) groups excluding carboxylic acids is 1. The Bertz CT molecular complexity index is 555. The number of carbonyl (C=O) groups is 1. The van der Waals surface area contributed by atoms with E-state index in [2.05, 4.69) is 4.98 Å². The molecule has 3 heterocycles. The normalized spacial score (nSPS) is 20.0. The molecule has 0 radical (unpaired) electrons. The van der Waals surface area contributed by atoms with Crippen LogP contribution in [0.2, 0.25) is 0 Å². The van der Waals surface area contributed by atoms with Gasteiger partial charge in [-0.1, -0.05) is 0 Å². The summed E-state index contributed by atoms with van der Waals surface area (Å²) in [6.45, 7) is 2.41. The second kappa shape index (κ2) is 5.98. The number of hydrogen-bond donors (Lipinski definition) is 0. The summed E-state index contributed by atoms with van der Waals surface area (Å²) in [5, 5.41) is 0. The van der Waals surface area contributed by atoms with Crippen molar-refractivity contribution < 1.29 is 18.0 Å². The minimum Gasteiger partial charge on any atom is -0.355 e. The molecule has 8 heteroatoms. The summed E-state index contributed by atoms with van der Waals surface area (Å²) in [5.74, 6) is 2.19. The van der Waals surface area contributed by atoms with E-state index >= 15 is 0 Å².